The zero-order chi connectivity index (χ0) is 20.1. The van der Waals surface area contributed by atoms with Crippen molar-refractivity contribution in [2.45, 2.75) is 6.61 Å². The van der Waals surface area contributed by atoms with E-state index in [9.17, 15) is 5.26 Å². The molecule has 0 spiro atoms. The van der Waals surface area contributed by atoms with E-state index in [4.69, 9.17) is 16.3 Å². The second-order valence-electron chi connectivity index (χ2n) is 6.65. The zero-order valence-corrected chi connectivity index (χ0v) is 16.4. The van der Waals surface area contributed by atoms with Gasteiger partial charge in [-0.1, -0.05) is 84.4 Å². The average molecular weight is 396 g/mol. The maximum atomic E-state index is 9.79. The van der Waals surface area contributed by atoms with Crippen LogP contribution in [0.4, 0.5) is 0 Å². The molecule has 0 heterocycles. The van der Waals surface area contributed by atoms with E-state index in [1.807, 2.05) is 78.9 Å². The number of benzene rings is 4. The van der Waals surface area contributed by atoms with Gasteiger partial charge in [-0.3, -0.25) is 0 Å². The predicted octanol–water partition coefficient (Wildman–Crippen LogP) is 7.14. The number of hydrogen-bond acceptors (Lipinski definition) is 2. The van der Waals surface area contributed by atoms with Gasteiger partial charge >= 0.3 is 0 Å². The van der Waals surface area contributed by atoms with Crippen LogP contribution in [0.1, 0.15) is 16.7 Å². The first kappa shape index (κ1) is 18.8. The van der Waals surface area contributed by atoms with Crippen LogP contribution in [0, 0.1) is 11.3 Å². The molecule has 0 fully saturated rings. The first-order valence-electron chi connectivity index (χ1n) is 9.31. The number of nitriles is 1. The van der Waals surface area contributed by atoms with Crippen molar-refractivity contribution in [1.82, 2.24) is 0 Å². The van der Waals surface area contributed by atoms with Gasteiger partial charge in [0.15, 0.2) is 0 Å². The Balaban J connectivity index is 1.79. The van der Waals surface area contributed by atoms with Crippen LogP contribution in [0.15, 0.2) is 91.0 Å². The minimum atomic E-state index is 0.461. The van der Waals surface area contributed by atoms with Crippen molar-refractivity contribution in [3.05, 3.63) is 113 Å². The molecule has 0 saturated carbocycles. The van der Waals surface area contributed by atoms with Crippen LogP contribution in [-0.4, -0.2) is 0 Å². The fourth-order valence-corrected chi connectivity index (χ4v) is 3.37. The fraction of sp³-hybridized carbons (Fsp3) is 0.0385. The lowest BCUT2D eigenvalue weighted by atomic mass is 9.98. The largest absolute Gasteiger partial charge is 0.488 e. The van der Waals surface area contributed by atoms with E-state index in [1.165, 1.54) is 0 Å². The highest BCUT2D eigenvalue weighted by molar-refractivity contribution is 6.30. The Kier molecular flexibility index (Phi) is 5.61. The van der Waals surface area contributed by atoms with Gasteiger partial charge in [-0.2, -0.15) is 5.26 Å². The smallest absolute Gasteiger partial charge is 0.127 e. The number of fused-ring (bicyclic) bond motifs is 1. The van der Waals surface area contributed by atoms with Crippen molar-refractivity contribution in [2.24, 2.45) is 0 Å². The molecule has 140 valence electrons. The van der Waals surface area contributed by atoms with Crippen LogP contribution in [0.25, 0.3) is 22.4 Å². The summed E-state index contributed by atoms with van der Waals surface area (Å²) in [6.45, 7) is 0.461. The molecule has 4 aromatic rings. The fourth-order valence-electron chi connectivity index (χ4n) is 3.24. The van der Waals surface area contributed by atoms with E-state index in [1.54, 1.807) is 12.1 Å². The van der Waals surface area contributed by atoms with Crippen molar-refractivity contribution < 1.29 is 4.74 Å². The number of nitrogens with zero attached hydrogens (tertiary/aromatic N) is 1. The van der Waals surface area contributed by atoms with Gasteiger partial charge in [0.05, 0.1) is 11.6 Å². The van der Waals surface area contributed by atoms with Crippen LogP contribution >= 0.6 is 11.6 Å². The number of hydrogen-bond donors (Lipinski definition) is 0. The molecule has 0 aromatic heterocycles. The molecule has 0 radical (unpaired) electrons. The summed E-state index contributed by atoms with van der Waals surface area (Å²) in [4.78, 5) is 0. The monoisotopic (exact) mass is 395 g/mol. The summed E-state index contributed by atoms with van der Waals surface area (Å²) in [6, 6.07) is 31.8. The summed E-state index contributed by atoms with van der Waals surface area (Å²) in [7, 11) is 0. The predicted molar refractivity (Wildman–Crippen MR) is 120 cm³/mol. The third-order valence-corrected chi connectivity index (χ3v) is 4.98. The molecule has 4 aromatic carbocycles. The number of halogens is 1. The van der Waals surface area contributed by atoms with Crippen molar-refractivity contribution in [2.75, 3.05) is 0 Å². The minimum absolute atomic E-state index is 0.461. The molecule has 0 unspecified atom stereocenters. The van der Waals surface area contributed by atoms with Crippen molar-refractivity contribution in [3.8, 4) is 11.8 Å². The van der Waals surface area contributed by atoms with Crippen LogP contribution in [0.5, 0.6) is 5.75 Å². The topological polar surface area (TPSA) is 33.0 Å². The third kappa shape index (κ3) is 4.32. The van der Waals surface area contributed by atoms with Crippen molar-refractivity contribution in [1.29, 1.82) is 5.26 Å². The number of allylic oxidation sites excluding steroid dienone is 1. The van der Waals surface area contributed by atoms with Gasteiger partial charge in [0.2, 0.25) is 0 Å². The van der Waals surface area contributed by atoms with E-state index >= 15 is 0 Å². The Morgan fingerprint density at radius 2 is 1.59 bits per heavy atom. The first-order valence-corrected chi connectivity index (χ1v) is 9.68. The first-order chi connectivity index (χ1) is 14.2. The molecule has 0 aliphatic heterocycles. The van der Waals surface area contributed by atoms with Gasteiger partial charge in [-0.05, 0) is 46.2 Å². The maximum Gasteiger partial charge on any atom is 0.127 e. The molecule has 0 N–H and O–H groups in total. The molecule has 4 rings (SSSR count). The summed E-state index contributed by atoms with van der Waals surface area (Å²) < 4.78 is 6.16. The van der Waals surface area contributed by atoms with Gasteiger partial charge in [0.1, 0.15) is 12.4 Å². The average Bonchev–Trinajstić information content (AvgIpc) is 2.78. The lowest BCUT2D eigenvalue weighted by Crippen LogP contribution is -1.97. The zero-order valence-electron chi connectivity index (χ0n) is 15.7. The molecule has 0 aliphatic carbocycles. The molecule has 0 bridgehead atoms. The highest BCUT2D eigenvalue weighted by atomic mass is 35.5. The number of rotatable bonds is 5. The van der Waals surface area contributed by atoms with Crippen molar-refractivity contribution >= 4 is 34.0 Å². The van der Waals surface area contributed by atoms with Gasteiger partial charge in [-0.25, -0.2) is 0 Å². The summed E-state index contributed by atoms with van der Waals surface area (Å²) >= 11 is 6.00. The molecule has 29 heavy (non-hydrogen) atoms. The van der Waals surface area contributed by atoms with E-state index < -0.39 is 0 Å². The molecule has 0 atom stereocenters. The summed E-state index contributed by atoms with van der Waals surface area (Å²) in [5, 5.41) is 12.6. The molecule has 2 nitrogen and oxygen atoms in total. The molecule has 3 heteroatoms. The SMILES string of the molecule is N#C/C(=C\c1c(OCc2ccccc2)ccc2ccccc12)c1ccc(Cl)cc1. The van der Waals surface area contributed by atoms with E-state index in [2.05, 4.69) is 12.1 Å². The Morgan fingerprint density at radius 3 is 2.34 bits per heavy atom. The molecule has 0 saturated heterocycles. The number of ether oxygens (including phenoxy) is 1. The lowest BCUT2D eigenvalue weighted by molar-refractivity contribution is 0.306. The van der Waals surface area contributed by atoms with Crippen LogP contribution < -0.4 is 4.74 Å². The second kappa shape index (κ2) is 8.65. The standard InChI is InChI=1S/C26H18ClNO/c27-23-13-10-20(11-14-23)22(17-28)16-25-24-9-5-4-8-21(24)12-15-26(25)29-18-19-6-2-1-3-7-19/h1-16H,18H2/b22-16+. The second-order valence-corrected chi connectivity index (χ2v) is 7.09. The van der Waals surface area contributed by atoms with Crippen molar-refractivity contribution in [3.63, 3.8) is 0 Å². The van der Waals surface area contributed by atoms with Gasteiger partial charge in [0, 0.05) is 10.6 Å². The highest BCUT2D eigenvalue weighted by Crippen LogP contribution is 2.32. The molecule has 0 aliphatic rings. The quantitative estimate of drug-likeness (QED) is 0.266. The highest BCUT2D eigenvalue weighted by Gasteiger charge is 2.10. The van der Waals surface area contributed by atoms with Gasteiger partial charge in [-0.15, -0.1) is 0 Å². The lowest BCUT2D eigenvalue weighted by Gasteiger charge is -2.13. The Labute approximate surface area is 175 Å². The van der Waals surface area contributed by atoms with E-state index in [0.29, 0.717) is 17.2 Å². The Morgan fingerprint density at radius 1 is 0.862 bits per heavy atom. The van der Waals surface area contributed by atoms with Gasteiger partial charge < -0.3 is 4.74 Å². The molecule has 0 amide bonds. The van der Waals surface area contributed by atoms with E-state index in [0.717, 1.165) is 33.2 Å². The summed E-state index contributed by atoms with van der Waals surface area (Å²) in [5.74, 6) is 0.745. The van der Waals surface area contributed by atoms with E-state index in [-0.39, 0.29) is 0 Å². The van der Waals surface area contributed by atoms with Crippen LogP contribution in [0.3, 0.4) is 0 Å². The molecular formula is C26H18ClNO. The normalized spacial score (nSPS) is 11.2. The minimum Gasteiger partial charge on any atom is -0.488 e. The van der Waals surface area contributed by atoms with Crippen LogP contribution in [0.2, 0.25) is 5.02 Å². The maximum absolute atomic E-state index is 9.79. The van der Waals surface area contributed by atoms with Gasteiger partial charge in [0.25, 0.3) is 0 Å². The third-order valence-electron chi connectivity index (χ3n) is 4.73. The molecular weight excluding hydrogens is 378 g/mol. The summed E-state index contributed by atoms with van der Waals surface area (Å²) in [6.07, 6.45) is 1.89. The summed E-state index contributed by atoms with van der Waals surface area (Å²) in [5.41, 5.74) is 3.36. The van der Waals surface area contributed by atoms with Crippen LogP contribution in [-0.2, 0) is 6.61 Å². The Hall–Kier alpha value is -3.54. The Bertz CT molecular complexity index is 1210.